The van der Waals surface area contributed by atoms with Crippen molar-refractivity contribution in [3.63, 3.8) is 0 Å². The summed E-state index contributed by atoms with van der Waals surface area (Å²) in [6, 6.07) is 7.05. The van der Waals surface area contributed by atoms with Crippen LogP contribution in [0.5, 0.6) is 5.75 Å². The van der Waals surface area contributed by atoms with E-state index in [2.05, 4.69) is 11.9 Å². The van der Waals surface area contributed by atoms with Crippen LogP contribution < -0.4 is 10.1 Å². The summed E-state index contributed by atoms with van der Waals surface area (Å²) in [7, 11) is 0. The molecule has 0 atom stereocenters. The SMILES string of the molecule is C=CCOc1ccc(C(=O)NCCCOC(C)C)cc1. The van der Waals surface area contributed by atoms with Crippen molar-refractivity contribution in [3.8, 4) is 5.75 Å². The average Bonchev–Trinajstić information content (AvgIpc) is 2.44. The zero-order valence-electron chi connectivity index (χ0n) is 12.2. The van der Waals surface area contributed by atoms with E-state index >= 15 is 0 Å². The van der Waals surface area contributed by atoms with Gasteiger partial charge in [-0.2, -0.15) is 0 Å². The minimum atomic E-state index is -0.0789. The molecule has 0 aliphatic rings. The van der Waals surface area contributed by atoms with Gasteiger partial charge in [-0.25, -0.2) is 0 Å². The largest absolute Gasteiger partial charge is 0.490 e. The number of ether oxygens (including phenoxy) is 2. The summed E-state index contributed by atoms with van der Waals surface area (Å²) in [5.74, 6) is 0.650. The number of carbonyl (C=O) groups excluding carboxylic acids is 1. The summed E-state index contributed by atoms with van der Waals surface area (Å²) in [6.45, 7) is 9.30. The van der Waals surface area contributed by atoms with Gasteiger partial charge in [0.1, 0.15) is 12.4 Å². The quantitative estimate of drug-likeness (QED) is 0.558. The summed E-state index contributed by atoms with van der Waals surface area (Å²) in [5.41, 5.74) is 0.626. The maximum absolute atomic E-state index is 11.9. The molecule has 0 unspecified atom stereocenters. The third-order valence-electron chi connectivity index (χ3n) is 2.54. The lowest BCUT2D eigenvalue weighted by atomic mass is 10.2. The molecule has 4 nitrogen and oxygen atoms in total. The third kappa shape index (κ3) is 6.38. The van der Waals surface area contributed by atoms with Crippen LogP contribution in [0.1, 0.15) is 30.6 Å². The molecule has 0 saturated heterocycles. The van der Waals surface area contributed by atoms with Crippen LogP contribution in [-0.4, -0.2) is 31.8 Å². The van der Waals surface area contributed by atoms with Crippen molar-refractivity contribution in [3.05, 3.63) is 42.5 Å². The van der Waals surface area contributed by atoms with Gasteiger partial charge in [0.2, 0.25) is 0 Å². The molecule has 0 aliphatic heterocycles. The van der Waals surface area contributed by atoms with Gasteiger partial charge < -0.3 is 14.8 Å². The monoisotopic (exact) mass is 277 g/mol. The zero-order chi connectivity index (χ0) is 14.8. The summed E-state index contributed by atoms with van der Waals surface area (Å²) in [6.07, 6.45) is 2.72. The molecule has 4 heteroatoms. The summed E-state index contributed by atoms with van der Waals surface area (Å²) in [4.78, 5) is 11.9. The fourth-order valence-corrected chi connectivity index (χ4v) is 1.55. The van der Waals surface area contributed by atoms with Crippen LogP contribution in [0, 0.1) is 0 Å². The lowest BCUT2D eigenvalue weighted by Gasteiger charge is -2.09. The maximum Gasteiger partial charge on any atom is 0.251 e. The molecule has 0 spiro atoms. The Labute approximate surface area is 120 Å². The molecule has 1 N–H and O–H groups in total. The Morgan fingerprint density at radius 2 is 2.05 bits per heavy atom. The van der Waals surface area contributed by atoms with Crippen molar-refractivity contribution in [1.82, 2.24) is 5.32 Å². The Balaban J connectivity index is 2.30. The van der Waals surface area contributed by atoms with Crippen LogP contribution in [0.15, 0.2) is 36.9 Å². The van der Waals surface area contributed by atoms with Gasteiger partial charge in [-0.15, -0.1) is 0 Å². The first kappa shape index (κ1) is 16.2. The maximum atomic E-state index is 11.9. The molecular weight excluding hydrogens is 254 g/mol. The van der Waals surface area contributed by atoms with Gasteiger partial charge in [0.25, 0.3) is 5.91 Å². The summed E-state index contributed by atoms with van der Waals surface area (Å²) in [5, 5.41) is 2.86. The smallest absolute Gasteiger partial charge is 0.251 e. The molecule has 0 heterocycles. The first-order valence-corrected chi connectivity index (χ1v) is 6.87. The van der Waals surface area contributed by atoms with Crippen molar-refractivity contribution in [2.45, 2.75) is 26.4 Å². The van der Waals surface area contributed by atoms with Crippen molar-refractivity contribution in [2.75, 3.05) is 19.8 Å². The molecule has 0 saturated carbocycles. The van der Waals surface area contributed by atoms with E-state index in [1.807, 2.05) is 13.8 Å². The molecule has 0 fully saturated rings. The normalized spacial score (nSPS) is 10.3. The Hall–Kier alpha value is -1.81. The molecule has 0 aliphatic carbocycles. The number of benzene rings is 1. The van der Waals surface area contributed by atoms with Gasteiger partial charge in [-0.3, -0.25) is 4.79 Å². The van der Waals surface area contributed by atoms with E-state index in [1.54, 1.807) is 30.3 Å². The van der Waals surface area contributed by atoms with E-state index in [1.165, 1.54) is 0 Å². The van der Waals surface area contributed by atoms with Gasteiger partial charge in [0, 0.05) is 18.7 Å². The van der Waals surface area contributed by atoms with Gasteiger partial charge >= 0.3 is 0 Å². The number of hydrogen-bond donors (Lipinski definition) is 1. The van der Waals surface area contributed by atoms with Crippen molar-refractivity contribution in [2.24, 2.45) is 0 Å². The highest BCUT2D eigenvalue weighted by atomic mass is 16.5. The molecule has 1 rings (SSSR count). The minimum absolute atomic E-state index is 0.0789. The average molecular weight is 277 g/mol. The van der Waals surface area contributed by atoms with Gasteiger partial charge in [-0.1, -0.05) is 12.7 Å². The first-order chi connectivity index (χ1) is 9.63. The molecular formula is C16H23NO3. The van der Waals surface area contributed by atoms with Crippen molar-refractivity contribution < 1.29 is 14.3 Å². The lowest BCUT2D eigenvalue weighted by molar-refractivity contribution is 0.0757. The van der Waals surface area contributed by atoms with E-state index in [0.29, 0.717) is 25.3 Å². The number of nitrogens with one attached hydrogen (secondary N) is 1. The lowest BCUT2D eigenvalue weighted by Crippen LogP contribution is -2.25. The molecule has 110 valence electrons. The second-order valence-corrected chi connectivity index (χ2v) is 4.65. The highest BCUT2D eigenvalue weighted by molar-refractivity contribution is 5.94. The number of amides is 1. The second-order valence-electron chi connectivity index (χ2n) is 4.65. The number of hydrogen-bond acceptors (Lipinski definition) is 3. The standard InChI is InChI=1S/C16H23NO3/c1-4-11-20-15-8-6-14(7-9-15)16(18)17-10-5-12-19-13(2)3/h4,6-9,13H,1,5,10-12H2,2-3H3,(H,17,18). The topological polar surface area (TPSA) is 47.6 Å². The van der Waals surface area contributed by atoms with Crippen molar-refractivity contribution in [1.29, 1.82) is 0 Å². The van der Waals surface area contributed by atoms with Crippen LogP contribution in [0.4, 0.5) is 0 Å². The van der Waals surface area contributed by atoms with Crippen LogP contribution in [0.3, 0.4) is 0 Å². The van der Waals surface area contributed by atoms with Crippen LogP contribution in [-0.2, 0) is 4.74 Å². The number of carbonyl (C=O) groups is 1. The highest BCUT2D eigenvalue weighted by Gasteiger charge is 2.04. The molecule has 1 aromatic carbocycles. The molecule has 0 aromatic heterocycles. The number of rotatable bonds is 9. The predicted octanol–water partition coefficient (Wildman–Crippen LogP) is 2.80. The molecule has 1 aromatic rings. The van der Waals surface area contributed by atoms with Crippen LogP contribution >= 0.6 is 0 Å². The Bertz CT molecular complexity index is 412. The Kier molecular flexibility index (Phi) is 7.43. The predicted molar refractivity (Wildman–Crippen MR) is 80.2 cm³/mol. The fourth-order valence-electron chi connectivity index (χ4n) is 1.55. The van der Waals surface area contributed by atoms with E-state index in [-0.39, 0.29) is 12.0 Å². The van der Waals surface area contributed by atoms with E-state index in [4.69, 9.17) is 9.47 Å². The minimum Gasteiger partial charge on any atom is -0.490 e. The first-order valence-electron chi connectivity index (χ1n) is 6.87. The zero-order valence-corrected chi connectivity index (χ0v) is 12.2. The van der Waals surface area contributed by atoms with E-state index in [0.717, 1.165) is 12.2 Å². The Morgan fingerprint density at radius 3 is 2.65 bits per heavy atom. The molecule has 0 radical (unpaired) electrons. The highest BCUT2D eigenvalue weighted by Crippen LogP contribution is 2.12. The van der Waals surface area contributed by atoms with E-state index < -0.39 is 0 Å². The molecule has 1 amide bonds. The van der Waals surface area contributed by atoms with E-state index in [9.17, 15) is 4.79 Å². The van der Waals surface area contributed by atoms with Gasteiger partial charge in [0.05, 0.1) is 6.10 Å². The summed E-state index contributed by atoms with van der Waals surface area (Å²) < 4.78 is 10.8. The molecule has 0 bridgehead atoms. The van der Waals surface area contributed by atoms with Crippen LogP contribution in [0.25, 0.3) is 0 Å². The van der Waals surface area contributed by atoms with Gasteiger partial charge in [-0.05, 0) is 44.5 Å². The van der Waals surface area contributed by atoms with Crippen LogP contribution in [0.2, 0.25) is 0 Å². The van der Waals surface area contributed by atoms with Gasteiger partial charge in [0.15, 0.2) is 0 Å². The Morgan fingerprint density at radius 1 is 1.35 bits per heavy atom. The third-order valence-corrected chi connectivity index (χ3v) is 2.54. The fraction of sp³-hybridized carbons (Fsp3) is 0.438. The van der Waals surface area contributed by atoms with Crippen molar-refractivity contribution >= 4 is 5.91 Å². The summed E-state index contributed by atoms with van der Waals surface area (Å²) >= 11 is 0. The molecule has 20 heavy (non-hydrogen) atoms. The second kappa shape index (κ2) is 9.15.